The van der Waals surface area contributed by atoms with Crippen LogP contribution in [0.15, 0.2) is 76.5 Å². The molecule has 25 heavy (non-hydrogen) atoms. The molecule has 0 bridgehead atoms. The SMILES string of the molecule is C/C(=N/NC(=O)c1ccc(COc2ccccc2)o1)c1cccnc1. The van der Waals surface area contributed by atoms with E-state index in [1.165, 1.54) is 0 Å². The van der Waals surface area contributed by atoms with Crippen molar-refractivity contribution in [2.45, 2.75) is 13.5 Å². The van der Waals surface area contributed by atoms with Gasteiger partial charge in [-0.3, -0.25) is 9.78 Å². The number of rotatable bonds is 6. The molecule has 1 amide bonds. The molecule has 1 N–H and O–H groups in total. The van der Waals surface area contributed by atoms with Gasteiger partial charge in [0.25, 0.3) is 0 Å². The number of nitrogens with one attached hydrogen (secondary N) is 1. The molecule has 0 aliphatic heterocycles. The number of hydrazone groups is 1. The van der Waals surface area contributed by atoms with E-state index in [4.69, 9.17) is 9.15 Å². The topological polar surface area (TPSA) is 76.7 Å². The minimum atomic E-state index is -0.422. The summed E-state index contributed by atoms with van der Waals surface area (Å²) in [5.41, 5.74) is 3.96. The van der Waals surface area contributed by atoms with E-state index in [2.05, 4.69) is 15.5 Å². The lowest BCUT2D eigenvalue weighted by atomic mass is 10.2. The van der Waals surface area contributed by atoms with Crippen molar-refractivity contribution in [1.82, 2.24) is 10.4 Å². The van der Waals surface area contributed by atoms with E-state index >= 15 is 0 Å². The van der Waals surface area contributed by atoms with Crippen LogP contribution in [-0.2, 0) is 6.61 Å². The van der Waals surface area contributed by atoms with E-state index in [1.807, 2.05) is 42.5 Å². The summed E-state index contributed by atoms with van der Waals surface area (Å²) in [4.78, 5) is 16.1. The standard InChI is InChI=1S/C19H17N3O3/c1-14(15-6-5-11-20-12-15)21-22-19(23)18-10-9-17(25-18)13-24-16-7-3-2-4-8-16/h2-12H,13H2,1H3,(H,22,23)/b21-14-. The molecular weight excluding hydrogens is 318 g/mol. The molecule has 126 valence electrons. The van der Waals surface area contributed by atoms with E-state index in [0.29, 0.717) is 11.5 Å². The third-order valence-corrected chi connectivity index (χ3v) is 3.41. The smallest absolute Gasteiger partial charge is 0.307 e. The van der Waals surface area contributed by atoms with Crippen molar-refractivity contribution >= 4 is 11.6 Å². The second-order valence-electron chi connectivity index (χ2n) is 5.25. The van der Waals surface area contributed by atoms with E-state index in [0.717, 1.165) is 11.3 Å². The Balaban J connectivity index is 1.57. The number of amides is 1. The lowest BCUT2D eigenvalue weighted by molar-refractivity contribution is 0.0923. The van der Waals surface area contributed by atoms with Gasteiger partial charge in [0, 0.05) is 18.0 Å². The molecule has 6 heteroatoms. The number of pyridine rings is 1. The lowest BCUT2D eigenvalue weighted by Gasteiger charge is -2.03. The number of carbonyl (C=O) groups excluding carboxylic acids is 1. The van der Waals surface area contributed by atoms with Gasteiger partial charge >= 0.3 is 5.91 Å². The van der Waals surface area contributed by atoms with Crippen molar-refractivity contribution in [3.05, 3.63) is 84.1 Å². The maximum absolute atomic E-state index is 12.1. The number of carbonyl (C=O) groups is 1. The number of furan rings is 1. The number of nitrogens with zero attached hydrogens (tertiary/aromatic N) is 2. The van der Waals surface area contributed by atoms with Crippen molar-refractivity contribution in [3.8, 4) is 5.75 Å². The maximum Gasteiger partial charge on any atom is 0.307 e. The van der Waals surface area contributed by atoms with Crippen LogP contribution < -0.4 is 10.2 Å². The van der Waals surface area contributed by atoms with Crippen LogP contribution in [0.1, 0.15) is 28.8 Å². The first kappa shape index (κ1) is 16.4. The van der Waals surface area contributed by atoms with Gasteiger partial charge in [0.2, 0.25) is 0 Å². The molecule has 0 spiro atoms. The zero-order chi connectivity index (χ0) is 17.5. The third-order valence-electron chi connectivity index (χ3n) is 3.41. The summed E-state index contributed by atoms with van der Waals surface area (Å²) in [7, 11) is 0. The highest BCUT2D eigenvalue weighted by molar-refractivity contribution is 6.00. The largest absolute Gasteiger partial charge is 0.486 e. The number of aromatic nitrogens is 1. The molecule has 3 aromatic rings. The highest BCUT2D eigenvalue weighted by Gasteiger charge is 2.11. The quantitative estimate of drug-likeness (QED) is 0.553. The van der Waals surface area contributed by atoms with Gasteiger partial charge in [0.05, 0.1) is 5.71 Å². The van der Waals surface area contributed by atoms with Gasteiger partial charge in [-0.1, -0.05) is 24.3 Å². The highest BCUT2D eigenvalue weighted by Crippen LogP contribution is 2.14. The van der Waals surface area contributed by atoms with Crippen LogP contribution in [0.3, 0.4) is 0 Å². The summed E-state index contributed by atoms with van der Waals surface area (Å²) >= 11 is 0. The predicted octanol–water partition coefficient (Wildman–Crippen LogP) is 3.41. The summed E-state index contributed by atoms with van der Waals surface area (Å²) in [6.45, 7) is 2.04. The van der Waals surface area contributed by atoms with E-state index in [9.17, 15) is 4.79 Å². The van der Waals surface area contributed by atoms with Gasteiger partial charge in [-0.25, -0.2) is 5.43 Å². The molecule has 0 aliphatic carbocycles. The van der Waals surface area contributed by atoms with Crippen molar-refractivity contribution < 1.29 is 13.9 Å². The number of benzene rings is 1. The fraction of sp³-hybridized carbons (Fsp3) is 0.105. The fourth-order valence-corrected chi connectivity index (χ4v) is 2.08. The molecule has 3 rings (SSSR count). The molecule has 0 atom stereocenters. The Kier molecular flexibility index (Phi) is 5.21. The lowest BCUT2D eigenvalue weighted by Crippen LogP contribution is -2.18. The molecule has 0 saturated heterocycles. The van der Waals surface area contributed by atoms with Crippen LogP contribution in [0.2, 0.25) is 0 Å². The van der Waals surface area contributed by atoms with Gasteiger partial charge in [-0.2, -0.15) is 5.10 Å². The average molecular weight is 335 g/mol. The van der Waals surface area contributed by atoms with Crippen molar-refractivity contribution in [1.29, 1.82) is 0 Å². The normalized spacial score (nSPS) is 11.2. The Hall–Kier alpha value is -3.41. The van der Waals surface area contributed by atoms with Gasteiger partial charge < -0.3 is 9.15 Å². The summed E-state index contributed by atoms with van der Waals surface area (Å²) < 4.78 is 11.1. The second kappa shape index (κ2) is 7.92. The van der Waals surface area contributed by atoms with E-state index in [1.54, 1.807) is 31.5 Å². The number of hydrogen-bond acceptors (Lipinski definition) is 5. The Morgan fingerprint density at radius 3 is 2.76 bits per heavy atom. The molecule has 6 nitrogen and oxygen atoms in total. The van der Waals surface area contributed by atoms with Crippen LogP contribution in [0.4, 0.5) is 0 Å². The van der Waals surface area contributed by atoms with Gasteiger partial charge in [-0.15, -0.1) is 0 Å². The molecule has 0 aliphatic rings. The first-order chi connectivity index (χ1) is 12.2. The first-order valence-corrected chi connectivity index (χ1v) is 7.74. The predicted molar refractivity (Wildman–Crippen MR) is 93.4 cm³/mol. The minimum Gasteiger partial charge on any atom is -0.486 e. The second-order valence-corrected chi connectivity index (χ2v) is 5.25. The highest BCUT2D eigenvalue weighted by atomic mass is 16.5. The molecule has 0 fully saturated rings. The third kappa shape index (κ3) is 4.54. The van der Waals surface area contributed by atoms with Crippen LogP contribution in [-0.4, -0.2) is 16.6 Å². The zero-order valence-electron chi connectivity index (χ0n) is 13.7. The Labute approximate surface area is 145 Å². The maximum atomic E-state index is 12.1. The molecular formula is C19H17N3O3. The Morgan fingerprint density at radius 1 is 1.16 bits per heavy atom. The summed E-state index contributed by atoms with van der Waals surface area (Å²) in [6, 6.07) is 16.4. The Morgan fingerprint density at radius 2 is 2.00 bits per heavy atom. The summed E-state index contributed by atoms with van der Waals surface area (Å²) in [5, 5.41) is 4.06. The van der Waals surface area contributed by atoms with Gasteiger partial charge in [-0.05, 0) is 37.3 Å². The van der Waals surface area contributed by atoms with E-state index < -0.39 is 5.91 Å². The molecule has 2 heterocycles. The molecule has 1 aromatic carbocycles. The van der Waals surface area contributed by atoms with Crippen molar-refractivity contribution in [2.75, 3.05) is 0 Å². The van der Waals surface area contributed by atoms with E-state index in [-0.39, 0.29) is 12.4 Å². The number of ether oxygens (including phenoxy) is 1. The monoisotopic (exact) mass is 335 g/mol. The number of hydrogen-bond donors (Lipinski definition) is 1. The Bertz CT molecular complexity index is 858. The average Bonchev–Trinajstić information content (AvgIpc) is 3.15. The summed E-state index contributed by atoms with van der Waals surface area (Å²) in [6.07, 6.45) is 3.36. The zero-order valence-corrected chi connectivity index (χ0v) is 13.7. The van der Waals surface area contributed by atoms with Crippen molar-refractivity contribution in [2.24, 2.45) is 5.10 Å². The number of para-hydroxylation sites is 1. The van der Waals surface area contributed by atoms with Crippen LogP contribution in [0, 0.1) is 0 Å². The van der Waals surface area contributed by atoms with Gasteiger partial charge in [0.15, 0.2) is 5.76 Å². The van der Waals surface area contributed by atoms with Crippen LogP contribution in [0.25, 0.3) is 0 Å². The van der Waals surface area contributed by atoms with Crippen molar-refractivity contribution in [3.63, 3.8) is 0 Å². The first-order valence-electron chi connectivity index (χ1n) is 7.74. The molecule has 2 aromatic heterocycles. The van der Waals surface area contributed by atoms with Crippen LogP contribution in [0.5, 0.6) is 5.75 Å². The van der Waals surface area contributed by atoms with Gasteiger partial charge in [0.1, 0.15) is 18.1 Å². The molecule has 0 saturated carbocycles. The van der Waals surface area contributed by atoms with Crippen LogP contribution >= 0.6 is 0 Å². The minimum absolute atomic E-state index is 0.175. The fourth-order valence-electron chi connectivity index (χ4n) is 2.08. The summed E-state index contributed by atoms with van der Waals surface area (Å²) in [5.74, 6) is 1.05. The molecule has 0 radical (unpaired) electrons. The molecule has 0 unspecified atom stereocenters.